The van der Waals surface area contributed by atoms with Gasteiger partial charge < -0.3 is 9.52 Å². The monoisotopic (exact) mass is 244 g/mol. The zero-order valence-electron chi connectivity index (χ0n) is 11.1. The Labute approximate surface area is 108 Å². The molecule has 1 aromatic heterocycles. The zero-order chi connectivity index (χ0) is 12.8. The molecule has 1 N–H and O–H groups in total. The van der Waals surface area contributed by atoms with Gasteiger partial charge in [0.05, 0.1) is 0 Å². The fraction of sp³-hybridized carbons (Fsp3) is 0.500. The fourth-order valence-electron chi connectivity index (χ4n) is 2.79. The maximum Gasteiger partial charge on any atom is 0.136 e. The van der Waals surface area contributed by atoms with Crippen LogP contribution in [0.4, 0.5) is 0 Å². The minimum atomic E-state index is -0.835. The molecule has 1 atom stereocenters. The quantitative estimate of drug-likeness (QED) is 0.880. The van der Waals surface area contributed by atoms with Crippen molar-refractivity contribution in [2.75, 3.05) is 0 Å². The Balaban J connectivity index is 1.92. The van der Waals surface area contributed by atoms with E-state index in [2.05, 4.69) is 13.0 Å². The summed E-state index contributed by atoms with van der Waals surface area (Å²) < 4.78 is 5.81. The van der Waals surface area contributed by atoms with E-state index in [4.69, 9.17) is 4.42 Å². The standard InChI is InChI=1S/C16H20O2/c1-11-6-7-14-13(8-11)9-15(18-14)16(2,17)10-12-4-3-5-12/h6-9,12,17H,3-5,10H2,1-2H3. The van der Waals surface area contributed by atoms with Crippen LogP contribution in [-0.4, -0.2) is 5.11 Å². The van der Waals surface area contributed by atoms with Crippen LogP contribution in [0.5, 0.6) is 0 Å². The molecule has 1 unspecified atom stereocenters. The fourth-order valence-corrected chi connectivity index (χ4v) is 2.79. The van der Waals surface area contributed by atoms with Gasteiger partial charge in [0.2, 0.25) is 0 Å². The number of benzene rings is 1. The first-order valence-electron chi connectivity index (χ1n) is 6.78. The molecule has 1 aliphatic rings. The second-order valence-electron chi connectivity index (χ2n) is 5.93. The summed E-state index contributed by atoms with van der Waals surface area (Å²) in [7, 11) is 0. The van der Waals surface area contributed by atoms with E-state index in [0.717, 1.165) is 17.4 Å². The Morgan fingerprint density at radius 3 is 2.78 bits per heavy atom. The van der Waals surface area contributed by atoms with Crippen LogP contribution in [0.1, 0.15) is 43.9 Å². The van der Waals surface area contributed by atoms with E-state index < -0.39 is 5.60 Å². The van der Waals surface area contributed by atoms with Gasteiger partial charge >= 0.3 is 0 Å². The Hall–Kier alpha value is -1.28. The van der Waals surface area contributed by atoms with Gasteiger partial charge in [-0.2, -0.15) is 0 Å². The normalized spacial score (nSPS) is 19.7. The molecule has 0 radical (unpaired) electrons. The van der Waals surface area contributed by atoms with E-state index in [1.165, 1.54) is 24.8 Å². The molecule has 0 bridgehead atoms. The highest BCUT2D eigenvalue weighted by molar-refractivity contribution is 5.78. The summed E-state index contributed by atoms with van der Waals surface area (Å²) in [6, 6.07) is 8.10. The van der Waals surface area contributed by atoms with Crippen molar-refractivity contribution in [1.29, 1.82) is 0 Å². The van der Waals surface area contributed by atoms with E-state index in [1.54, 1.807) is 0 Å². The maximum atomic E-state index is 10.6. The molecule has 0 aliphatic heterocycles. The third-order valence-corrected chi connectivity index (χ3v) is 4.11. The van der Waals surface area contributed by atoms with Crippen molar-refractivity contribution >= 4 is 11.0 Å². The van der Waals surface area contributed by atoms with Crippen LogP contribution in [0, 0.1) is 12.8 Å². The largest absolute Gasteiger partial charge is 0.458 e. The number of furan rings is 1. The lowest BCUT2D eigenvalue weighted by molar-refractivity contribution is -0.00146. The van der Waals surface area contributed by atoms with Crippen LogP contribution >= 0.6 is 0 Å². The Bertz CT molecular complexity index is 561. The molecule has 0 spiro atoms. The molecule has 1 heterocycles. The van der Waals surface area contributed by atoms with Gasteiger partial charge in [-0.3, -0.25) is 0 Å². The minimum absolute atomic E-state index is 0.662. The molecule has 0 amide bonds. The van der Waals surface area contributed by atoms with Crippen LogP contribution in [0.25, 0.3) is 11.0 Å². The number of aryl methyl sites for hydroxylation is 1. The SMILES string of the molecule is Cc1ccc2oc(C(C)(O)CC3CCC3)cc2c1. The van der Waals surface area contributed by atoms with Gasteiger partial charge in [-0.25, -0.2) is 0 Å². The summed E-state index contributed by atoms with van der Waals surface area (Å²) in [5.41, 5.74) is 1.25. The smallest absolute Gasteiger partial charge is 0.136 e. The first-order valence-corrected chi connectivity index (χ1v) is 6.78. The van der Waals surface area contributed by atoms with Gasteiger partial charge in [0.15, 0.2) is 0 Å². The molecule has 18 heavy (non-hydrogen) atoms. The predicted molar refractivity (Wildman–Crippen MR) is 72.5 cm³/mol. The van der Waals surface area contributed by atoms with Gasteiger partial charge in [0.1, 0.15) is 16.9 Å². The van der Waals surface area contributed by atoms with Gasteiger partial charge in [-0.15, -0.1) is 0 Å². The molecule has 1 aliphatic carbocycles. The lowest BCUT2D eigenvalue weighted by Crippen LogP contribution is -2.27. The highest BCUT2D eigenvalue weighted by Crippen LogP contribution is 2.39. The third-order valence-electron chi connectivity index (χ3n) is 4.11. The number of aliphatic hydroxyl groups is 1. The van der Waals surface area contributed by atoms with Crippen molar-refractivity contribution in [2.45, 2.75) is 45.1 Å². The van der Waals surface area contributed by atoms with Gasteiger partial charge in [-0.1, -0.05) is 30.9 Å². The van der Waals surface area contributed by atoms with Crippen LogP contribution in [0.2, 0.25) is 0 Å². The van der Waals surface area contributed by atoms with Crippen molar-refractivity contribution < 1.29 is 9.52 Å². The summed E-state index contributed by atoms with van der Waals surface area (Å²) in [5, 5.41) is 11.7. The minimum Gasteiger partial charge on any atom is -0.458 e. The summed E-state index contributed by atoms with van der Waals surface area (Å²) in [6.07, 6.45) is 4.61. The average Bonchev–Trinajstić information content (AvgIpc) is 2.67. The van der Waals surface area contributed by atoms with Crippen LogP contribution in [0.15, 0.2) is 28.7 Å². The Morgan fingerprint density at radius 2 is 2.11 bits per heavy atom. The molecule has 0 saturated heterocycles. The molecule has 96 valence electrons. The first kappa shape index (κ1) is 11.8. The van der Waals surface area contributed by atoms with E-state index >= 15 is 0 Å². The molecule has 2 nitrogen and oxygen atoms in total. The molecule has 1 aromatic carbocycles. The zero-order valence-corrected chi connectivity index (χ0v) is 11.1. The van der Waals surface area contributed by atoms with Gasteiger partial charge in [0.25, 0.3) is 0 Å². The molecular weight excluding hydrogens is 224 g/mol. The highest BCUT2D eigenvalue weighted by atomic mass is 16.4. The second-order valence-corrected chi connectivity index (χ2v) is 5.93. The van der Waals surface area contributed by atoms with E-state index in [9.17, 15) is 5.11 Å². The Kier molecular flexibility index (Phi) is 2.70. The topological polar surface area (TPSA) is 33.4 Å². The van der Waals surface area contributed by atoms with Crippen molar-refractivity contribution in [3.63, 3.8) is 0 Å². The molecular formula is C16H20O2. The number of hydrogen-bond acceptors (Lipinski definition) is 2. The van der Waals surface area contributed by atoms with Crippen LogP contribution in [-0.2, 0) is 5.60 Å². The maximum absolute atomic E-state index is 10.6. The summed E-state index contributed by atoms with van der Waals surface area (Å²) in [4.78, 5) is 0. The number of rotatable bonds is 3. The molecule has 2 heteroatoms. The summed E-state index contributed by atoms with van der Waals surface area (Å²) in [5.74, 6) is 1.37. The van der Waals surface area contributed by atoms with Crippen molar-refractivity contribution in [2.24, 2.45) is 5.92 Å². The third kappa shape index (κ3) is 2.05. The van der Waals surface area contributed by atoms with Crippen LogP contribution < -0.4 is 0 Å². The lowest BCUT2D eigenvalue weighted by Gasteiger charge is -2.32. The molecule has 1 fully saturated rings. The summed E-state index contributed by atoms with van der Waals surface area (Å²) >= 11 is 0. The van der Waals surface area contributed by atoms with E-state index in [0.29, 0.717) is 11.7 Å². The van der Waals surface area contributed by atoms with E-state index in [1.807, 2.05) is 25.1 Å². The second kappa shape index (κ2) is 4.13. The Morgan fingerprint density at radius 1 is 1.33 bits per heavy atom. The van der Waals surface area contributed by atoms with Crippen LogP contribution in [0.3, 0.4) is 0 Å². The summed E-state index contributed by atoms with van der Waals surface area (Å²) in [6.45, 7) is 3.94. The lowest BCUT2D eigenvalue weighted by atomic mass is 9.77. The van der Waals surface area contributed by atoms with Gasteiger partial charge in [0, 0.05) is 5.39 Å². The first-order chi connectivity index (χ1) is 8.54. The van der Waals surface area contributed by atoms with Crippen molar-refractivity contribution in [3.05, 3.63) is 35.6 Å². The average molecular weight is 244 g/mol. The predicted octanol–water partition coefficient (Wildman–Crippen LogP) is 4.14. The number of hydrogen-bond donors (Lipinski definition) is 1. The molecule has 3 rings (SSSR count). The molecule has 1 saturated carbocycles. The van der Waals surface area contributed by atoms with Crippen molar-refractivity contribution in [1.82, 2.24) is 0 Å². The highest BCUT2D eigenvalue weighted by Gasteiger charge is 2.33. The van der Waals surface area contributed by atoms with E-state index in [-0.39, 0.29) is 0 Å². The number of fused-ring (bicyclic) bond motifs is 1. The van der Waals surface area contributed by atoms with Crippen molar-refractivity contribution in [3.8, 4) is 0 Å². The molecule has 2 aromatic rings. The van der Waals surface area contributed by atoms with Gasteiger partial charge in [-0.05, 0) is 44.4 Å².